The summed E-state index contributed by atoms with van der Waals surface area (Å²) in [6.07, 6.45) is 0. The van der Waals surface area contributed by atoms with Gasteiger partial charge >= 0.3 is 0 Å². The zero-order valence-electron chi connectivity index (χ0n) is 13.1. The molecule has 2 aromatic carbocycles. The molecule has 0 unspecified atom stereocenters. The number of aromatic nitrogens is 1. The summed E-state index contributed by atoms with van der Waals surface area (Å²) in [6, 6.07) is 15.4. The first-order valence-electron chi connectivity index (χ1n) is 7.54. The first kappa shape index (κ1) is 14.6. The summed E-state index contributed by atoms with van der Waals surface area (Å²) < 4.78 is 21.6. The van der Waals surface area contributed by atoms with E-state index in [0.717, 1.165) is 5.69 Å². The largest absolute Gasteiger partial charge is 0.484 e. The molecule has 0 N–H and O–H groups in total. The maximum absolute atomic E-state index is 13.7. The lowest BCUT2D eigenvalue weighted by atomic mass is 10.2. The number of nitrogens with zero attached hydrogens (tertiary/aromatic N) is 1. The highest BCUT2D eigenvalue weighted by Gasteiger charge is 2.13. The number of rotatable bonds is 4. The van der Waals surface area contributed by atoms with Crippen LogP contribution in [0.5, 0.6) is 5.75 Å². The van der Waals surface area contributed by atoms with Crippen molar-refractivity contribution in [3.05, 3.63) is 65.6 Å². The van der Waals surface area contributed by atoms with E-state index in [0.29, 0.717) is 18.4 Å². The maximum Gasteiger partial charge on any atom is 0.165 e. The van der Waals surface area contributed by atoms with E-state index in [-0.39, 0.29) is 5.82 Å². The van der Waals surface area contributed by atoms with Gasteiger partial charge in [-0.25, -0.2) is 4.39 Å². The van der Waals surface area contributed by atoms with E-state index in [2.05, 4.69) is 49.6 Å². The lowest BCUT2D eigenvalue weighted by molar-refractivity contribution is 0.279. The van der Waals surface area contributed by atoms with Crippen molar-refractivity contribution in [1.82, 2.24) is 4.57 Å². The molecule has 3 heteroatoms. The molecule has 0 saturated carbocycles. The second kappa shape index (κ2) is 5.84. The van der Waals surface area contributed by atoms with Gasteiger partial charge in [0.2, 0.25) is 0 Å². The van der Waals surface area contributed by atoms with E-state index in [9.17, 15) is 4.39 Å². The molecule has 1 aromatic heterocycles. The van der Waals surface area contributed by atoms with Crippen molar-refractivity contribution in [1.29, 1.82) is 0 Å². The Hall–Kier alpha value is -2.29. The highest BCUT2D eigenvalue weighted by Crippen LogP contribution is 2.26. The minimum Gasteiger partial charge on any atom is -0.484 e. The number of benzene rings is 2. The van der Waals surface area contributed by atoms with Crippen molar-refractivity contribution in [2.24, 2.45) is 0 Å². The number of ether oxygens (including phenoxy) is 1. The van der Waals surface area contributed by atoms with E-state index in [4.69, 9.17) is 4.74 Å². The summed E-state index contributed by atoms with van der Waals surface area (Å²) in [7, 11) is 0. The Morgan fingerprint density at radius 2 is 1.86 bits per heavy atom. The molecule has 0 radical (unpaired) electrons. The molecular weight excluding hydrogens is 277 g/mol. The number of halogens is 1. The molecule has 2 nitrogen and oxygen atoms in total. The zero-order valence-corrected chi connectivity index (χ0v) is 13.1. The number of aryl methyl sites for hydroxylation is 1. The van der Waals surface area contributed by atoms with Crippen LogP contribution < -0.4 is 4.74 Å². The molecule has 0 amide bonds. The quantitative estimate of drug-likeness (QED) is 0.641. The van der Waals surface area contributed by atoms with Crippen molar-refractivity contribution < 1.29 is 9.13 Å². The third-order valence-electron chi connectivity index (χ3n) is 3.80. The fraction of sp³-hybridized carbons (Fsp3) is 0.263. The molecule has 0 aliphatic heterocycles. The standard InChI is InChI=1S/C19H20FNO/c1-13(2)21-16(11-15-10-14(3)8-9-18(15)21)12-22-19-7-5-4-6-17(19)20/h4-11,13H,12H2,1-3H3. The van der Waals surface area contributed by atoms with Crippen LogP contribution in [0, 0.1) is 12.7 Å². The number of hydrogen-bond acceptors (Lipinski definition) is 1. The normalized spacial score (nSPS) is 11.3. The zero-order chi connectivity index (χ0) is 15.7. The van der Waals surface area contributed by atoms with Crippen molar-refractivity contribution in [3.8, 4) is 5.75 Å². The van der Waals surface area contributed by atoms with Crippen LogP contribution in [0.1, 0.15) is 31.1 Å². The Kier molecular flexibility index (Phi) is 3.88. The van der Waals surface area contributed by atoms with Crippen LogP contribution in [0.2, 0.25) is 0 Å². The van der Waals surface area contributed by atoms with Crippen LogP contribution in [0.25, 0.3) is 10.9 Å². The Labute approximate surface area is 130 Å². The summed E-state index contributed by atoms with van der Waals surface area (Å²) in [4.78, 5) is 0. The van der Waals surface area contributed by atoms with Crippen LogP contribution >= 0.6 is 0 Å². The summed E-state index contributed by atoms with van der Waals surface area (Å²) in [5.74, 6) is -0.0372. The van der Waals surface area contributed by atoms with E-state index >= 15 is 0 Å². The third kappa shape index (κ3) is 2.71. The smallest absolute Gasteiger partial charge is 0.165 e. The minimum absolute atomic E-state index is 0.291. The Morgan fingerprint density at radius 3 is 2.59 bits per heavy atom. The van der Waals surface area contributed by atoms with Gasteiger partial charge in [-0.1, -0.05) is 23.8 Å². The highest BCUT2D eigenvalue weighted by molar-refractivity contribution is 5.82. The minimum atomic E-state index is -0.328. The second-order valence-corrected chi connectivity index (χ2v) is 5.88. The molecule has 0 aliphatic carbocycles. The van der Waals surface area contributed by atoms with Gasteiger partial charge in [0.1, 0.15) is 6.61 Å². The fourth-order valence-corrected chi connectivity index (χ4v) is 2.85. The van der Waals surface area contributed by atoms with E-state index < -0.39 is 0 Å². The van der Waals surface area contributed by atoms with Crippen LogP contribution in [0.15, 0.2) is 48.5 Å². The van der Waals surface area contributed by atoms with Crippen LogP contribution in [-0.4, -0.2) is 4.57 Å². The van der Waals surface area contributed by atoms with E-state index in [1.807, 2.05) is 0 Å². The third-order valence-corrected chi connectivity index (χ3v) is 3.80. The molecule has 22 heavy (non-hydrogen) atoms. The average Bonchev–Trinajstić information content (AvgIpc) is 2.84. The average molecular weight is 297 g/mol. The van der Waals surface area contributed by atoms with Gasteiger partial charge in [0.15, 0.2) is 11.6 Å². The predicted octanol–water partition coefficient (Wildman–Crippen LogP) is 5.25. The monoisotopic (exact) mass is 297 g/mol. The highest BCUT2D eigenvalue weighted by atomic mass is 19.1. The fourth-order valence-electron chi connectivity index (χ4n) is 2.85. The van der Waals surface area contributed by atoms with Gasteiger partial charge in [0.25, 0.3) is 0 Å². The molecule has 0 bridgehead atoms. The van der Waals surface area contributed by atoms with Gasteiger partial charge in [0, 0.05) is 16.9 Å². The van der Waals surface area contributed by atoms with Crippen LogP contribution in [0.3, 0.4) is 0 Å². The van der Waals surface area contributed by atoms with Crippen LogP contribution in [0.4, 0.5) is 4.39 Å². The molecule has 3 aromatic rings. The van der Waals surface area contributed by atoms with Crippen molar-refractivity contribution in [3.63, 3.8) is 0 Å². The Balaban J connectivity index is 1.96. The van der Waals surface area contributed by atoms with E-state index in [1.165, 1.54) is 22.5 Å². The first-order valence-corrected chi connectivity index (χ1v) is 7.54. The molecule has 0 spiro atoms. The second-order valence-electron chi connectivity index (χ2n) is 5.88. The lowest BCUT2D eigenvalue weighted by Crippen LogP contribution is -2.08. The molecule has 0 saturated heterocycles. The van der Waals surface area contributed by atoms with Gasteiger partial charge in [-0.05, 0) is 51.1 Å². The van der Waals surface area contributed by atoms with Crippen molar-refractivity contribution >= 4 is 10.9 Å². The summed E-state index contributed by atoms with van der Waals surface area (Å²) in [5, 5.41) is 1.20. The number of hydrogen-bond donors (Lipinski definition) is 0. The summed E-state index contributed by atoms with van der Waals surface area (Å²) in [6.45, 7) is 6.73. The van der Waals surface area contributed by atoms with Gasteiger partial charge < -0.3 is 9.30 Å². The molecule has 0 fully saturated rings. The Morgan fingerprint density at radius 1 is 1.09 bits per heavy atom. The molecule has 1 heterocycles. The predicted molar refractivity (Wildman–Crippen MR) is 87.8 cm³/mol. The van der Waals surface area contributed by atoms with Crippen LogP contribution in [-0.2, 0) is 6.61 Å². The molecule has 0 aliphatic rings. The van der Waals surface area contributed by atoms with Crippen molar-refractivity contribution in [2.75, 3.05) is 0 Å². The molecule has 3 rings (SSSR count). The van der Waals surface area contributed by atoms with Gasteiger partial charge in [0.05, 0.1) is 5.69 Å². The summed E-state index contributed by atoms with van der Waals surface area (Å²) in [5.41, 5.74) is 3.47. The lowest BCUT2D eigenvalue weighted by Gasteiger charge is -2.15. The molecular formula is C19H20FNO. The van der Waals surface area contributed by atoms with Gasteiger partial charge in [-0.15, -0.1) is 0 Å². The first-order chi connectivity index (χ1) is 10.6. The maximum atomic E-state index is 13.7. The Bertz CT molecular complexity index is 804. The number of para-hydroxylation sites is 1. The topological polar surface area (TPSA) is 14.2 Å². The van der Waals surface area contributed by atoms with E-state index in [1.54, 1.807) is 18.2 Å². The summed E-state index contributed by atoms with van der Waals surface area (Å²) >= 11 is 0. The SMILES string of the molecule is Cc1ccc2c(c1)cc(COc1ccccc1F)n2C(C)C. The van der Waals surface area contributed by atoms with Gasteiger partial charge in [-0.3, -0.25) is 0 Å². The molecule has 114 valence electrons. The molecule has 0 atom stereocenters. The van der Waals surface area contributed by atoms with Crippen molar-refractivity contribution in [2.45, 2.75) is 33.4 Å². The van der Waals surface area contributed by atoms with Gasteiger partial charge in [-0.2, -0.15) is 0 Å². The number of fused-ring (bicyclic) bond motifs is 1.